The van der Waals surface area contributed by atoms with Gasteiger partial charge in [-0.3, -0.25) is 4.57 Å². The first-order valence-corrected chi connectivity index (χ1v) is 11.0. The maximum Gasteiger partial charge on any atom is 0.344 e. The van der Waals surface area contributed by atoms with Crippen molar-refractivity contribution in [1.82, 2.24) is 14.5 Å². The first kappa shape index (κ1) is 19.5. The molecule has 0 atom stereocenters. The summed E-state index contributed by atoms with van der Waals surface area (Å²) in [4.78, 5) is 22.8. The Morgan fingerprint density at radius 3 is 2.39 bits per heavy atom. The van der Waals surface area contributed by atoms with Crippen LogP contribution in [0.25, 0.3) is 27.9 Å². The highest BCUT2D eigenvalue weighted by atomic mass is 16.5. The van der Waals surface area contributed by atoms with Crippen molar-refractivity contribution in [3.63, 3.8) is 0 Å². The van der Waals surface area contributed by atoms with Gasteiger partial charge in [-0.1, -0.05) is 37.6 Å². The summed E-state index contributed by atoms with van der Waals surface area (Å²) in [6.45, 7) is 2.12. The summed E-state index contributed by atoms with van der Waals surface area (Å²) < 4.78 is 7.68. The second-order valence-electron chi connectivity index (χ2n) is 8.17. The average Bonchev–Trinajstić information content (AvgIpc) is 3.09. The van der Waals surface area contributed by atoms with E-state index in [1.54, 1.807) is 0 Å². The molecule has 1 saturated carbocycles. The van der Waals surface area contributed by atoms with Crippen molar-refractivity contribution in [2.24, 2.45) is 0 Å². The van der Waals surface area contributed by atoms with Crippen LogP contribution in [0.4, 0.5) is 5.82 Å². The number of benzene rings is 2. The molecule has 2 N–H and O–H groups in total. The number of nitrogens with two attached hydrogens (primary N) is 1. The Kier molecular flexibility index (Phi) is 5.06. The van der Waals surface area contributed by atoms with Crippen molar-refractivity contribution in [1.29, 1.82) is 0 Å². The molecule has 0 bridgehead atoms. The molecule has 1 aliphatic carbocycles. The van der Waals surface area contributed by atoms with Crippen molar-refractivity contribution >= 4 is 34.0 Å². The minimum atomic E-state index is -0.414. The highest BCUT2D eigenvalue weighted by Crippen LogP contribution is 2.32. The van der Waals surface area contributed by atoms with Crippen LogP contribution in [0.1, 0.15) is 54.9 Å². The van der Waals surface area contributed by atoms with Crippen LogP contribution >= 0.6 is 0 Å². The minimum Gasteiger partial charge on any atom is -0.459 e. The number of aryl methyl sites for hydroxylation is 1. The van der Waals surface area contributed by atoms with E-state index in [4.69, 9.17) is 20.4 Å². The molecule has 0 saturated heterocycles. The summed E-state index contributed by atoms with van der Waals surface area (Å²) in [5.41, 5.74) is 11.5. The van der Waals surface area contributed by atoms with Gasteiger partial charge in [0.1, 0.15) is 23.0 Å². The van der Waals surface area contributed by atoms with Crippen LogP contribution < -0.4 is 5.73 Å². The summed E-state index contributed by atoms with van der Waals surface area (Å²) >= 11 is 0. The lowest BCUT2D eigenvalue weighted by molar-refractivity contribution is 0.0214. The molecule has 158 valence electrons. The van der Waals surface area contributed by atoms with Gasteiger partial charge in [0.25, 0.3) is 0 Å². The number of aromatic nitrogens is 3. The number of fused-ring (bicyclic) bond motifs is 2. The molecule has 2 aromatic carbocycles. The van der Waals surface area contributed by atoms with Gasteiger partial charge in [0, 0.05) is 5.69 Å². The van der Waals surface area contributed by atoms with Crippen molar-refractivity contribution in [2.75, 3.05) is 5.73 Å². The van der Waals surface area contributed by atoms with Crippen LogP contribution in [0.15, 0.2) is 48.5 Å². The summed E-state index contributed by atoms with van der Waals surface area (Å²) in [6, 6.07) is 15.8. The first-order valence-electron chi connectivity index (χ1n) is 11.0. The molecule has 6 nitrogen and oxygen atoms in total. The highest BCUT2D eigenvalue weighted by Gasteiger charge is 2.28. The molecule has 5 rings (SSSR count). The summed E-state index contributed by atoms with van der Waals surface area (Å²) in [6.07, 6.45) is 6.06. The molecule has 0 spiro atoms. The van der Waals surface area contributed by atoms with Gasteiger partial charge in [0.05, 0.1) is 11.0 Å². The van der Waals surface area contributed by atoms with Gasteiger partial charge in [-0.25, -0.2) is 14.8 Å². The molecule has 0 unspecified atom stereocenters. The standard InChI is InChI=1S/C25H26N4O2/c1-2-16-12-14-17(15-13-16)29-23(26)21(25(30)31-18-8-4-3-5-9-18)22-24(29)28-20-11-7-6-10-19(20)27-22/h6-7,10-15,18H,2-5,8-9,26H2,1H3. The van der Waals surface area contributed by atoms with Gasteiger partial charge < -0.3 is 10.5 Å². The lowest BCUT2D eigenvalue weighted by Crippen LogP contribution is -2.21. The van der Waals surface area contributed by atoms with Crippen LogP contribution in [-0.4, -0.2) is 26.6 Å². The zero-order valence-electron chi connectivity index (χ0n) is 17.7. The predicted molar refractivity (Wildman–Crippen MR) is 122 cm³/mol. The molecule has 2 heterocycles. The number of hydrogen-bond acceptors (Lipinski definition) is 5. The Labute approximate surface area is 181 Å². The Hall–Kier alpha value is -3.41. The number of hydrogen-bond donors (Lipinski definition) is 1. The number of nitrogens with zero attached hydrogens (tertiary/aromatic N) is 3. The highest BCUT2D eigenvalue weighted by molar-refractivity contribution is 6.09. The number of carbonyl (C=O) groups is 1. The largest absolute Gasteiger partial charge is 0.459 e. The molecule has 4 aromatic rings. The summed E-state index contributed by atoms with van der Waals surface area (Å²) in [5.74, 6) is -0.0988. The van der Waals surface area contributed by atoms with Crippen molar-refractivity contribution < 1.29 is 9.53 Å². The average molecular weight is 415 g/mol. The van der Waals surface area contributed by atoms with E-state index in [1.807, 2.05) is 41.0 Å². The van der Waals surface area contributed by atoms with Gasteiger partial charge >= 0.3 is 5.97 Å². The van der Waals surface area contributed by atoms with Crippen LogP contribution in [0.5, 0.6) is 0 Å². The fourth-order valence-corrected chi connectivity index (χ4v) is 4.40. The van der Waals surface area contributed by atoms with E-state index in [2.05, 4.69) is 19.1 Å². The number of carbonyl (C=O) groups excluding carboxylic acids is 1. The summed E-state index contributed by atoms with van der Waals surface area (Å²) in [5, 5.41) is 0. The monoisotopic (exact) mass is 414 g/mol. The van der Waals surface area contributed by atoms with Crippen LogP contribution in [0, 0.1) is 0 Å². The number of rotatable bonds is 4. The van der Waals surface area contributed by atoms with E-state index >= 15 is 0 Å². The van der Waals surface area contributed by atoms with E-state index in [0.717, 1.165) is 48.8 Å². The van der Waals surface area contributed by atoms with Crippen molar-refractivity contribution in [3.8, 4) is 5.69 Å². The predicted octanol–water partition coefficient (Wildman–Crippen LogP) is 5.21. The fraction of sp³-hybridized carbons (Fsp3) is 0.320. The molecule has 0 radical (unpaired) electrons. The van der Waals surface area contributed by atoms with E-state index < -0.39 is 5.97 Å². The maximum atomic E-state index is 13.2. The Morgan fingerprint density at radius 1 is 1.03 bits per heavy atom. The van der Waals surface area contributed by atoms with E-state index in [0.29, 0.717) is 22.5 Å². The maximum absolute atomic E-state index is 13.2. The lowest BCUT2D eigenvalue weighted by atomic mass is 9.98. The Bertz CT molecular complexity index is 1250. The van der Waals surface area contributed by atoms with E-state index in [-0.39, 0.29) is 6.10 Å². The second-order valence-corrected chi connectivity index (χ2v) is 8.17. The number of para-hydroxylation sites is 2. The lowest BCUT2D eigenvalue weighted by Gasteiger charge is -2.21. The SMILES string of the molecule is CCc1ccc(-n2c(N)c(C(=O)OC3CCCCC3)c3nc4ccccc4nc32)cc1. The van der Waals surface area contributed by atoms with Gasteiger partial charge in [-0.15, -0.1) is 0 Å². The van der Waals surface area contributed by atoms with Crippen molar-refractivity contribution in [3.05, 3.63) is 59.7 Å². The molecule has 6 heteroatoms. The van der Waals surface area contributed by atoms with Crippen molar-refractivity contribution in [2.45, 2.75) is 51.6 Å². The minimum absolute atomic E-state index is 0.0590. The van der Waals surface area contributed by atoms with E-state index in [1.165, 1.54) is 12.0 Å². The summed E-state index contributed by atoms with van der Waals surface area (Å²) in [7, 11) is 0. The third-order valence-electron chi connectivity index (χ3n) is 6.13. The molecule has 2 aromatic heterocycles. The topological polar surface area (TPSA) is 83.0 Å². The quantitative estimate of drug-likeness (QED) is 0.464. The number of esters is 1. The molecule has 1 aliphatic rings. The third kappa shape index (κ3) is 3.52. The smallest absolute Gasteiger partial charge is 0.344 e. The third-order valence-corrected chi connectivity index (χ3v) is 6.13. The molecular weight excluding hydrogens is 388 g/mol. The molecular formula is C25H26N4O2. The fourth-order valence-electron chi connectivity index (χ4n) is 4.40. The van der Waals surface area contributed by atoms with Gasteiger partial charge in [-0.05, 0) is 61.9 Å². The van der Waals surface area contributed by atoms with Gasteiger partial charge in [0.15, 0.2) is 5.65 Å². The number of ether oxygens (including phenoxy) is 1. The van der Waals surface area contributed by atoms with Crippen LogP contribution in [0.3, 0.4) is 0 Å². The number of nitrogen functional groups attached to an aromatic ring is 1. The Balaban J connectivity index is 1.69. The second kappa shape index (κ2) is 8.02. The van der Waals surface area contributed by atoms with Gasteiger partial charge in [-0.2, -0.15) is 0 Å². The Morgan fingerprint density at radius 2 is 1.71 bits per heavy atom. The molecule has 0 amide bonds. The molecule has 1 fully saturated rings. The van der Waals surface area contributed by atoms with Gasteiger partial charge in [0.2, 0.25) is 0 Å². The normalized spacial score (nSPS) is 14.9. The zero-order chi connectivity index (χ0) is 21.4. The molecule has 31 heavy (non-hydrogen) atoms. The van der Waals surface area contributed by atoms with Crippen LogP contribution in [0.2, 0.25) is 0 Å². The molecule has 0 aliphatic heterocycles. The van der Waals surface area contributed by atoms with Crippen LogP contribution in [-0.2, 0) is 11.2 Å². The zero-order valence-corrected chi connectivity index (χ0v) is 17.7. The number of anilines is 1. The van der Waals surface area contributed by atoms with E-state index in [9.17, 15) is 4.79 Å². The first-order chi connectivity index (χ1) is 15.2.